The first-order chi connectivity index (χ1) is 9.15. The predicted molar refractivity (Wildman–Crippen MR) is 74.7 cm³/mol. The van der Waals surface area contributed by atoms with Crippen LogP contribution < -0.4 is 11.1 Å². The van der Waals surface area contributed by atoms with Crippen LogP contribution in [0.4, 0.5) is 0 Å². The number of hydrogen-bond donors (Lipinski definition) is 2. The highest BCUT2D eigenvalue weighted by molar-refractivity contribution is 6.29. The average Bonchev–Trinajstić information content (AvgIpc) is 2.38. The Morgan fingerprint density at radius 2 is 2.26 bits per heavy atom. The molecule has 1 saturated heterocycles. The molecule has 0 aromatic carbocycles. The number of nitrogens with zero attached hydrogens (tertiary/aromatic N) is 2. The minimum atomic E-state index is -0.293. The molecule has 0 aliphatic carbocycles. The van der Waals surface area contributed by atoms with Crippen LogP contribution in [0.25, 0.3) is 0 Å². The van der Waals surface area contributed by atoms with Crippen molar-refractivity contribution >= 4 is 17.5 Å². The van der Waals surface area contributed by atoms with Gasteiger partial charge >= 0.3 is 0 Å². The first-order valence-corrected chi connectivity index (χ1v) is 6.86. The van der Waals surface area contributed by atoms with Crippen LogP contribution >= 0.6 is 11.6 Å². The second-order valence-electron chi connectivity index (χ2n) is 4.84. The van der Waals surface area contributed by atoms with Gasteiger partial charge in [-0.15, -0.1) is 0 Å². The van der Waals surface area contributed by atoms with E-state index >= 15 is 0 Å². The number of carbonyl (C=O) groups is 1. The maximum atomic E-state index is 11.2. The zero-order chi connectivity index (χ0) is 13.7. The molecular formula is C13H19ClN4O. The molecule has 2 rings (SSSR count). The van der Waals surface area contributed by atoms with Crippen LogP contribution in [0.2, 0.25) is 5.15 Å². The van der Waals surface area contributed by atoms with Crippen LogP contribution in [-0.2, 0) is 11.3 Å². The van der Waals surface area contributed by atoms with E-state index in [-0.39, 0.29) is 12.5 Å². The van der Waals surface area contributed by atoms with E-state index in [1.807, 2.05) is 12.1 Å². The van der Waals surface area contributed by atoms with Crippen molar-refractivity contribution in [2.45, 2.75) is 25.4 Å². The first-order valence-electron chi connectivity index (χ1n) is 6.48. The van der Waals surface area contributed by atoms with E-state index < -0.39 is 0 Å². The fourth-order valence-electron chi connectivity index (χ4n) is 2.46. The smallest absolute Gasteiger partial charge is 0.231 e. The molecule has 1 aliphatic rings. The molecule has 0 bridgehead atoms. The van der Waals surface area contributed by atoms with Crippen molar-refractivity contribution in [1.29, 1.82) is 0 Å². The first kappa shape index (κ1) is 14.2. The fraction of sp³-hybridized carbons (Fsp3) is 0.538. The summed E-state index contributed by atoms with van der Waals surface area (Å²) >= 11 is 5.89. The number of primary amides is 1. The molecule has 0 unspecified atom stereocenters. The molecule has 1 aromatic rings. The van der Waals surface area contributed by atoms with Gasteiger partial charge in [-0.3, -0.25) is 9.69 Å². The van der Waals surface area contributed by atoms with Gasteiger partial charge in [0.05, 0.1) is 6.54 Å². The van der Waals surface area contributed by atoms with Crippen molar-refractivity contribution in [3.8, 4) is 0 Å². The van der Waals surface area contributed by atoms with Crippen LogP contribution in [0, 0.1) is 0 Å². The zero-order valence-corrected chi connectivity index (χ0v) is 11.6. The molecule has 3 N–H and O–H groups in total. The highest BCUT2D eigenvalue weighted by atomic mass is 35.5. The zero-order valence-electron chi connectivity index (χ0n) is 10.8. The lowest BCUT2D eigenvalue weighted by atomic mass is 10.0. The summed E-state index contributed by atoms with van der Waals surface area (Å²) in [6, 6.07) is 4.14. The lowest BCUT2D eigenvalue weighted by Crippen LogP contribution is -2.46. The molecule has 1 aromatic heterocycles. The quantitative estimate of drug-likeness (QED) is 0.783. The van der Waals surface area contributed by atoms with Gasteiger partial charge in [0.15, 0.2) is 0 Å². The van der Waals surface area contributed by atoms with Gasteiger partial charge in [0.1, 0.15) is 5.15 Å². The Hall–Kier alpha value is -1.17. The van der Waals surface area contributed by atoms with Crippen LogP contribution in [0.3, 0.4) is 0 Å². The van der Waals surface area contributed by atoms with E-state index in [0.29, 0.717) is 17.7 Å². The number of amides is 1. The molecule has 2 heterocycles. The number of hydrogen-bond acceptors (Lipinski definition) is 4. The molecular weight excluding hydrogens is 264 g/mol. The van der Waals surface area contributed by atoms with Crippen molar-refractivity contribution in [1.82, 2.24) is 15.2 Å². The summed E-state index contributed by atoms with van der Waals surface area (Å²) in [5, 5.41) is 3.80. The SMILES string of the molecule is NC(=O)CN(Cc1ccnc(Cl)c1)C1CCNCC1. The van der Waals surface area contributed by atoms with E-state index in [1.54, 1.807) is 6.20 Å². The molecule has 104 valence electrons. The number of carbonyl (C=O) groups excluding carboxylic acids is 1. The molecule has 0 radical (unpaired) electrons. The van der Waals surface area contributed by atoms with Crippen molar-refractivity contribution in [2.75, 3.05) is 19.6 Å². The summed E-state index contributed by atoms with van der Waals surface area (Å²) in [4.78, 5) is 17.3. The molecule has 0 atom stereocenters. The third-order valence-electron chi connectivity index (χ3n) is 3.36. The van der Waals surface area contributed by atoms with Crippen LogP contribution in [0.1, 0.15) is 18.4 Å². The largest absolute Gasteiger partial charge is 0.369 e. The number of nitrogens with two attached hydrogens (primary N) is 1. The number of halogens is 1. The molecule has 1 aliphatic heterocycles. The van der Waals surface area contributed by atoms with E-state index in [9.17, 15) is 4.79 Å². The highest BCUT2D eigenvalue weighted by Gasteiger charge is 2.22. The van der Waals surface area contributed by atoms with Gasteiger partial charge in [-0.2, -0.15) is 0 Å². The van der Waals surface area contributed by atoms with E-state index in [1.165, 1.54) is 0 Å². The topological polar surface area (TPSA) is 71.2 Å². The average molecular weight is 283 g/mol. The van der Waals surface area contributed by atoms with E-state index in [0.717, 1.165) is 31.5 Å². The summed E-state index contributed by atoms with van der Waals surface area (Å²) in [7, 11) is 0. The van der Waals surface area contributed by atoms with Gasteiger partial charge in [-0.25, -0.2) is 4.98 Å². The van der Waals surface area contributed by atoms with Gasteiger partial charge in [0, 0.05) is 18.8 Å². The van der Waals surface area contributed by atoms with Crippen LogP contribution in [-0.4, -0.2) is 41.5 Å². The Bertz CT molecular complexity index is 434. The molecule has 6 heteroatoms. The highest BCUT2D eigenvalue weighted by Crippen LogP contribution is 2.16. The maximum absolute atomic E-state index is 11.2. The Kier molecular flexibility index (Phi) is 5.13. The second kappa shape index (κ2) is 6.84. The Morgan fingerprint density at radius 3 is 2.89 bits per heavy atom. The molecule has 1 fully saturated rings. The summed E-state index contributed by atoms with van der Waals surface area (Å²) in [5.74, 6) is -0.293. The number of rotatable bonds is 5. The normalized spacial score (nSPS) is 16.7. The van der Waals surface area contributed by atoms with Crippen molar-refractivity contribution in [3.63, 3.8) is 0 Å². The lowest BCUT2D eigenvalue weighted by Gasteiger charge is -2.33. The van der Waals surface area contributed by atoms with Gasteiger partial charge in [0.2, 0.25) is 5.91 Å². The standard InChI is InChI=1S/C13H19ClN4O/c14-12-7-10(1-6-17-12)8-18(9-13(15)19)11-2-4-16-5-3-11/h1,6-7,11,16H,2-5,8-9H2,(H2,15,19). The molecule has 1 amide bonds. The van der Waals surface area contributed by atoms with Gasteiger partial charge in [-0.05, 0) is 43.6 Å². The fourth-order valence-corrected chi connectivity index (χ4v) is 2.66. The summed E-state index contributed by atoms with van der Waals surface area (Å²) in [6.45, 7) is 2.93. The summed E-state index contributed by atoms with van der Waals surface area (Å²) < 4.78 is 0. The third-order valence-corrected chi connectivity index (χ3v) is 3.57. The monoisotopic (exact) mass is 282 g/mol. The van der Waals surface area contributed by atoms with Crippen LogP contribution in [0.5, 0.6) is 0 Å². The summed E-state index contributed by atoms with van der Waals surface area (Å²) in [6.07, 6.45) is 3.75. The molecule has 5 nitrogen and oxygen atoms in total. The number of nitrogens with one attached hydrogen (secondary N) is 1. The predicted octanol–water partition coefficient (Wildman–Crippen LogP) is 0.774. The van der Waals surface area contributed by atoms with Crippen molar-refractivity contribution in [2.24, 2.45) is 5.73 Å². The Morgan fingerprint density at radius 1 is 1.53 bits per heavy atom. The minimum Gasteiger partial charge on any atom is -0.369 e. The van der Waals surface area contributed by atoms with Crippen molar-refractivity contribution < 1.29 is 4.79 Å². The van der Waals surface area contributed by atoms with E-state index in [4.69, 9.17) is 17.3 Å². The molecule has 0 spiro atoms. The Labute approximate surface area is 118 Å². The Balaban J connectivity index is 2.06. The lowest BCUT2D eigenvalue weighted by molar-refractivity contribution is -0.120. The number of aromatic nitrogens is 1. The third kappa shape index (κ3) is 4.45. The molecule has 0 saturated carbocycles. The van der Waals surface area contributed by atoms with Gasteiger partial charge < -0.3 is 11.1 Å². The van der Waals surface area contributed by atoms with Crippen LogP contribution in [0.15, 0.2) is 18.3 Å². The van der Waals surface area contributed by atoms with Crippen molar-refractivity contribution in [3.05, 3.63) is 29.0 Å². The maximum Gasteiger partial charge on any atom is 0.231 e. The second-order valence-corrected chi connectivity index (χ2v) is 5.23. The molecule has 19 heavy (non-hydrogen) atoms. The van der Waals surface area contributed by atoms with Gasteiger partial charge in [0.25, 0.3) is 0 Å². The van der Waals surface area contributed by atoms with Gasteiger partial charge in [-0.1, -0.05) is 11.6 Å². The number of pyridine rings is 1. The van der Waals surface area contributed by atoms with E-state index in [2.05, 4.69) is 15.2 Å². The number of piperidine rings is 1. The summed E-state index contributed by atoms with van der Waals surface area (Å²) in [5.41, 5.74) is 6.40. The minimum absolute atomic E-state index is 0.282.